The van der Waals surface area contributed by atoms with Gasteiger partial charge in [-0.25, -0.2) is 0 Å². The second-order valence-corrected chi connectivity index (χ2v) is 6.84. The van der Waals surface area contributed by atoms with Gasteiger partial charge in [0.15, 0.2) is 0 Å². The van der Waals surface area contributed by atoms with E-state index in [9.17, 15) is 4.79 Å². The Balaban J connectivity index is 1.99. The van der Waals surface area contributed by atoms with Crippen LogP contribution >= 0.6 is 27.7 Å². The molecule has 0 radical (unpaired) electrons. The zero-order chi connectivity index (χ0) is 14.1. The normalized spacial score (nSPS) is 14.0. The smallest absolute Gasteiger partial charge is 0.258 e. The summed E-state index contributed by atoms with van der Waals surface area (Å²) in [6, 6.07) is 13.9. The molecule has 4 heteroatoms. The van der Waals surface area contributed by atoms with Gasteiger partial charge in [0.2, 0.25) is 0 Å². The molecular formula is C16H14BrNOS. The predicted octanol–water partition coefficient (Wildman–Crippen LogP) is 4.51. The highest BCUT2D eigenvalue weighted by Crippen LogP contribution is 2.35. The first-order chi connectivity index (χ1) is 9.65. The van der Waals surface area contributed by atoms with Crippen LogP contribution in [0.15, 0.2) is 51.8 Å². The molecule has 0 N–H and O–H groups in total. The van der Waals surface area contributed by atoms with Crippen molar-refractivity contribution < 1.29 is 4.79 Å². The van der Waals surface area contributed by atoms with Crippen molar-refractivity contribution in [1.82, 2.24) is 0 Å². The highest BCUT2D eigenvalue weighted by atomic mass is 79.9. The second-order valence-electron chi connectivity index (χ2n) is 4.79. The molecule has 2 aromatic carbocycles. The van der Waals surface area contributed by atoms with Crippen LogP contribution < -0.4 is 4.90 Å². The summed E-state index contributed by atoms with van der Waals surface area (Å²) in [4.78, 5) is 15.8. The maximum atomic E-state index is 12.8. The molecule has 0 aliphatic carbocycles. The number of halogens is 1. The lowest BCUT2D eigenvalue weighted by Crippen LogP contribution is -2.35. The van der Waals surface area contributed by atoms with Gasteiger partial charge in [-0.1, -0.05) is 28.1 Å². The fourth-order valence-corrected chi connectivity index (χ4v) is 4.00. The maximum Gasteiger partial charge on any atom is 0.258 e. The molecular weight excluding hydrogens is 334 g/mol. The first-order valence-electron chi connectivity index (χ1n) is 6.46. The van der Waals surface area contributed by atoms with Gasteiger partial charge in [0.25, 0.3) is 5.91 Å². The molecule has 0 saturated heterocycles. The Labute approximate surface area is 131 Å². The third-order valence-corrected chi connectivity index (χ3v) is 4.76. The summed E-state index contributed by atoms with van der Waals surface area (Å²) >= 11 is 5.27. The van der Waals surface area contributed by atoms with Crippen molar-refractivity contribution in [3.05, 3.63) is 58.1 Å². The highest BCUT2D eigenvalue weighted by molar-refractivity contribution is 9.10. The van der Waals surface area contributed by atoms with Crippen LogP contribution in [0.1, 0.15) is 15.9 Å². The van der Waals surface area contributed by atoms with Crippen LogP contribution in [0.3, 0.4) is 0 Å². The number of carbonyl (C=O) groups is 1. The van der Waals surface area contributed by atoms with E-state index in [2.05, 4.69) is 22.0 Å². The number of hydrogen-bond donors (Lipinski definition) is 0. The quantitative estimate of drug-likeness (QED) is 0.756. The Kier molecular flexibility index (Phi) is 3.85. The molecule has 3 rings (SSSR count). The molecule has 0 bridgehead atoms. The zero-order valence-corrected chi connectivity index (χ0v) is 13.5. The van der Waals surface area contributed by atoms with Gasteiger partial charge in [-0.3, -0.25) is 4.79 Å². The number of hydrogen-bond acceptors (Lipinski definition) is 2. The van der Waals surface area contributed by atoms with E-state index in [4.69, 9.17) is 0 Å². The summed E-state index contributed by atoms with van der Waals surface area (Å²) in [6.45, 7) is 2.76. The lowest BCUT2D eigenvalue weighted by molar-refractivity contribution is 0.0987. The minimum Gasteiger partial charge on any atom is -0.306 e. The number of fused-ring (bicyclic) bond motifs is 1. The first-order valence-corrected chi connectivity index (χ1v) is 8.24. The molecule has 0 fully saturated rings. The van der Waals surface area contributed by atoms with E-state index in [1.807, 2.05) is 60.0 Å². The van der Waals surface area contributed by atoms with Crippen molar-refractivity contribution in [3.8, 4) is 0 Å². The fourth-order valence-electron chi connectivity index (χ4n) is 2.40. The number of benzene rings is 2. The van der Waals surface area contributed by atoms with Gasteiger partial charge in [-0.2, -0.15) is 0 Å². The molecule has 0 aromatic heterocycles. The van der Waals surface area contributed by atoms with E-state index >= 15 is 0 Å². The number of nitrogens with zero attached hydrogens (tertiary/aromatic N) is 1. The summed E-state index contributed by atoms with van der Waals surface area (Å²) in [5.74, 6) is 1.01. The molecule has 2 aromatic rings. The van der Waals surface area contributed by atoms with Crippen molar-refractivity contribution in [3.63, 3.8) is 0 Å². The van der Waals surface area contributed by atoms with E-state index in [0.717, 1.165) is 33.6 Å². The van der Waals surface area contributed by atoms with Crippen LogP contribution in [0.4, 0.5) is 5.69 Å². The predicted molar refractivity (Wildman–Crippen MR) is 87.7 cm³/mol. The molecule has 0 spiro atoms. The van der Waals surface area contributed by atoms with Crippen LogP contribution in [0, 0.1) is 6.92 Å². The molecule has 0 atom stereocenters. The topological polar surface area (TPSA) is 20.3 Å². The zero-order valence-electron chi connectivity index (χ0n) is 11.1. The van der Waals surface area contributed by atoms with Crippen molar-refractivity contribution in [2.75, 3.05) is 17.2 Å². The number of rotatable bonds is 1. The Bertz CT molecular complexity index is 651. The molecule has 1 heterocycles. The molecule has 20 heavy (non-hydrogen) atoms. The highest BCUT2D eigenvalue weighted by Gasteiger charge is 2.23. The average molecular weight is 348 g/mol. The van der Waals surface area contributed by atoms with E-state index in [0.29, 0.717) is 0 Å². The van der Waals surface area contributed by atoms with Gasteiger partial charge in [0, 0.05) is 27.2 Å². The SMILES string of the molecule is Cc1cc(Br)cc(C(=O)N2CCSc3ccccc32)c1. The van der Waals surface area contributed by atoms with Gasteiger partial charge >= 0.3 is 0 Å². The van der Waals surface area contributed by atoms with E-state index in [1.165, 1.54) is 4.90 Å². The Hall–Kier alpha value is -1.26. The lowest BCUT2D eigenvalue weighted by Gasteiger charge is -2.29. The summed E-state index contributed by atoms with van der Waals surface area (Å²) in [5, 5.41) is 0. The summed E-state index contributed by atoms with van der Waals surface area (Å²) in [7, 11) is 0. The fraction of sp³-hybridized carbons (Fsp3) is 0.188. The minimum absolute atomic E-state index is 0.0714. The van der Waals surface area contributed by atoms with Gasteiger partial charge < -0.3 is 4.90 Å². The van der Waals surface area contributed by atoms with Crippen LogP contribution in [0.25, 0.3) is 0 Å². The average Bonchev–Trinajstić information content (AvgIpc) is 2.45. The first kappa shape index (κ1) is 13.7. The Morgan fingerprint density at radius 2 is 2.05 bits per heavy atom. The molecule has 102 valence electrons. The summed E-state index contributed by atoms with van der Waals surface area (Å²) < 4.78 is 0.945. The monoisotopic (exact) mass is 347 g/mol. The molecule has 1 aliphatic heterocycles. The Morgan fingerprint density at radius 1 is 1.25 bits per heavy atom. The van der Waals surface area contributed by atoms with Crippen LogP contribution in [-0.2, 0) is 0 Å². The van der Waals surface area contributed by atoms with Gasteiger partial charge in [-0.05, 0) is 42.8 Å². The van der Waals surface area contributed by atoms with Gasteiger partial charge in [0.1, 0.15) is 0 Å². The van der Waals surface area contributed by atoms with Crippen molar-refractivity contribution in [2.45, 2.75) is 11.8 Å². The number of thioether (sulfide) groups is 1. The lowest BCUT2D eigenvalue weighted by atomic mass is 10.1. The number of aryl methyl sites for hydroxylation is 1. The summed E-state index contributed by atoms with van der Waals surface area (Å²) in [6.07, 6.45) is 0. The van der Waals surface area contributed by atoms with Crippen molar-refractivity contribution in [2.24, 2.45) is 0 Å². The molecule has 1 amide bonds. The maximum absolute atomic E-state index is 12.8. The largest absolute Gasteiger partial charge is 0.306 e. The van der Waals surface area contributed by atoms with Gasteiger partial charge in [0.05, 0.1) is 5.69 Å². The number of para-hydroxylation sites is 1. The minimum atomic E-state index is 0.0714. The molecule has 2 nitrogen and oxygen atoms in total. The van der Waals surface area contributed by atoms with Gasteiger partial charge in [-0.15, -0.1) is 11.8 Å². The second kappa shape index (κ2) is 5.62. The van der Waals surface area contributed by atoms with Crippen molar-refractivity contribution in [1.29, 1.82) is 0 Å². The van der Waals surface area contributed by atoms with Crippen LogP contribution in [-0.4, -0.2) is 18.2 Å². The third kappa shape index (κ3) is 2.63. The molecule has 1 aliphatic rings. The molecule has 0 saturated carbocycles. The molecule has 0 unspecified atom stereocenters. The standard InChI is InChI=1S/C16H14BrNOS/c1-11-8-12(10-13(17)9-11)16(19)18-6-7-20-15-5-3-2-4-14(15)18/h2-5,8-10H,6-7H2,1H3. The number of amides is 1. The van der Waals surface area contributed by atoms with Crippen LogP contribution in [0.2, 0.25) is 0 Å². The number of anilines is 1. The van der Waals surface area contributed by atoms with E-state index in [-0.39, 0.29) is 5.91 Å². The third-order valence-electron chi connectivity index (χ3n) is 3.26. The Morgan fingerprint density at radius 3 is 2.85 bits per heavy atom. The van der Waals surface area contributed by atoms with E-state index in [1.54, 1.807) is 0 Å². The van der Waals surface area contributed by atoms with Crippen LogP contribution in [0.5, 0.6) is 0 Å². The van der Waals surface area contributed by atoms with Crippen molar-refractivity contribution >= 4 is 39.3 Å². The van der Waals surface area contributed by atoms with E-state index < -0.39 is 0 Å². The number of carbonyl (C=O) groups excluding carboxylic acids is 1. The summed E-state index contributed by atoms with van der Waals surface area (Å²) in [5.41, 5.74) is 2.84.